The predicted octanol–water partition coefficient (Wildman–Crippen LogP) is 6.01. The van der Waals surface area contributed by atoms with Gasteiger partial charge in [0.2, 0.25) is 0 Å². The average molecular weight is 279 g/mol. The maximum atomic E-state index is 6.76. The second kappa shape index (κ2) is 5.22. The molecule has 18 heavy (non-hydrogen) atoms. The largest absolute Gasteiger partial charge is 0.143 e. The van der Waals surface area contributed by atoms with Gasteiger partial charge in [-0.3, -0.25) is 0 Å². The molecule has 0 spiro atoms. The molecule has 0 N–H and O–H groups in total. The van der Waals surface area contributed by atoms with E-state index >= 15 is 0 Å². The molecule has 2 heteroatoms. The van der Waals surface area contributed by atoms with Crippen molar-refractivity contribution in [2.45, 2.75) is 38.0 Å². The highest BCUT2D eigenvalue weighted by Gasteiger charge is 2.27. The Morgan fingerprint density at radius 2 is 1.89 bits per heavy atom. The lowest BCUT2D eigenvalue weighted by molar-refractivity contribution is 0.284. The minimum atomic E-state index is 0.202. The molecule has 0 saturated heterocycles. The van der Waals surface area contributed by atoms with E-state index in [1.165, 1.54) is 41.3 Å². The summed E-state index contributed by atoms with van der Waals surface area (Å²) in [5.41, 5.74) is 1.36. The van der Waals surface area contributed by atoms with E-state index in [9.17, 15) is 0 Å². The zero-order valence-corrected chi connectivity index (χ0v) is 12.3. The quantitative estimate of drug-likeness (QED) is 0.590. The van der Waals surface area contributed by atoms with Crippen molar-refractivity contribution in [3.05, 3.63) is 35.2 Å². The molecular formula is C16H19ClS. The number of alkyl halides is 1. The Morgan fingerprint density at radius 3 is 2.67 bits per heavy atom. The van der Waals surface area contributed by atoms with Gasteiger partial charge in [0, 0.05) is 4.70 Å². The molecule has 0 amide bonds. The molecule has 1 aromatic carbocycles. The van der Waals surface area contributed by atoms with Crippen LogP contribution >= 0.6 is 22.9 Å². The highest BCUT2D eigenvalue weighted by atomic mass is 35.5. The number of fused-ring (bicyclic) bond motifs is 1. The molecule has 96 valence electrons. The van der Waals surface area contributed by atoms with E-state index < -0.39 is 0 Å². The molecule has 3 rings (SSSR count). The van der Waals surface area contributed by atoms with Crippen LogP contribution in [0.2, 0.25) is 0 Å². The van der Waals surface area contributed by atoms with Crippen molar-refractivity contribution in [2.24, 2.45) is 11.8 Å². The lowest BCUT2D eigenvalue weighted by Gasteiger charge is -2.29. The van der Waals surface area contributed by atoms with Crippen molar-refractivity contribution in [1.29, 1.82) is 0 Å². The van der Waals surface area contributed by atoms with Gasteiger partial charge >= 0.3 is 0 Å². The van der Waals surface area contributed by atoms with E-state index in [1.54, 1.807) is 0 Å². The Kier molecular flexibility index (Phi) is 3.63. The normalized spacial score (nSPS) is 26.3. The van der Waals surface area contributed by atoms with E-state index in [1.807, 2.05) is 11.3 Å². The van der Waals surface area contributed by atoms with Crippen molar-refractivity contribution in [1.82, 2.24) is 0 Å². The maximum Gasteiger partial charge on any atom is 0.0627 e. The van der Waals surface area contributed by atoms with Crippen LogP contribution in [0.15, 0.2) is 29.6 Å². The summed E-state index contributed by atoms with van der Waals surface area (Å²) in [6.45, 7) is 2.36. The van der Waals surface area contributed by atoms with Gasteiger partial charge in [0.25, 0.3) is 0 Å². The highest BCUT2D eigenvalue weighted by molar-refractivity contribution is 7.17. The van der Waals surface area contributed by atoms with Crippen LogP contribution < -0.4 is 0 Å². The Labute approximate surface area is 118 Å². The molecule has 1 saturated carbocycles. The molecule has 1 fully saturated rings. The van der Waals surface area contributed by atoms with E-state index in [0.29, 0.717) is 5.92 Å². The van der Waals surface area contributed by atoms with Gasteiger partial charge < -0.3 is 0 Å². The Hall–Kier alpha value is -0.530. The zero-order chi connectivity index (χ0) is 12.5. The molecule has 1 unspecified atom stereocenters. The Bertz CT molecular complexity index is 523. The molecule has 1 aliphatic rings. The minimum absolute atomic E-state index is 0.202. The number of hydrogen-bond donors (Lipinski definition) is 0. The average Bonchev–Trinajstić information content (AvgIpc) is 2.82. The van der Waals surface area contributed by atoms with E-state index in [0.717, 1.165) is 5.92 Å². The topological polar surface area (TPSA) is 0 Å². The summed E-state index contributed by atoms with van der Waals surface area (Å²) in [6.07, 6.45) is 5.27. The fraction of sp³-hybridized carbons (Fsp3) is 0.500. The molecule has 0 bridgehead atoms. The summed E-state index contributed by atoms with van der Waals surface area (Å²) in [6, 6.07) is 8.62. The van der Waals surface area contributed by atoms with Crippen molar-refractivity contribution in [3.63, 3.8) is 0 Å². The number of hydrogen-bond acceptors (Lipinski definition) is 1. The first-order valence-electron chi connectivity index (χ1n) is 6.86. The molecule has 1 aromatic heterocycles. The summed E-state index contributed by atoms with van der Waals surface area (Å²) in [5, 5.41) is 3.83. The van der Waals surface area contributed by atoms with E-state index in [2.05, 4.69) is 36.6 Å². The molecule has 0 nitrogen and oxygen atoms in total. The van der Waals surface area contributed by atoms with Crippen molar-refractivity contribution < 1.29 is 0 Å². The van der Waals surface area contributed by atoms with Crippen LogP contribution in [0.3, 0.4) is 0 Å². The number of thiophene rings is 1. The third-order valence-corrected chi connectivity index (χ3v) is 5.86. The summed E-state index contributed by atoms with van der Waals surface area (Å²) in [4.78, 5) is 0. The molecule has 1 atom stereocenters. The third-order valence-electron chi connectivity index (χ3n) is 4.28. The number of halogens is 1. The van der Waals surface area contributed by atoms with Gasteiger partial charge in [-0.1, -0.05) is 38.0 Å². The lowest BCUT2D eigenvalue weighted by Crippen LogP contribution is -2.16. The fourth-order valence-electron chi connectivity index (χ4n) is 3.04. The molecule has 1 heterocycles. The monoisotopic (exact) mass is 278 g/mol. The first-order chi connectivity index (χ1) is 8.75. The molecule has 1 aliphatic carbocycles. The number of benzene rings is 1. The van der Waals surface area contributed by atoms with Crippen LogP contribution in [0.25, 0.3) is 10.1 Å². The predicted molar refractivity (Wildman–Crippen MR) is 81.5 cm³/mol. The smallest absolute Gasteiger partial charge is 0.0627 e. The van der Waals surface area contributed by atoms with Crippen LogP contribution in [-0.4, -0.2) is 0 Å². The van der Waals surface area contributed by atoms with Crippen molar-refractivity contribution in [3.8, 4) is 0 Å². The van der Waals surface area contributed by atoms with Gasteiger partial charge in [-0.25, -0.2) is 0 Å². The van der Waals surface area contributed by atoms with Gasteiger partial charge in [0.1, 0.15) is 0 Å². The van der Waals surface area contributed by atoms with Crippen molar-refractivity contribution in [2.75, 3.05) is 0 Å². The first-order valence-corrected chi connectivity index (χ1v) is 8.17. The molecule has 2 aromatic rings. The highest BCUT2D eigenvalue weighted by Crippen LogP contribution is 2.43. The van der Waals surface area contributed by atoms with Crippen LogP contribution in [-0.2, 0) is 0 Å². The summed E-state index contributed by atoms with van der Waals surface area (Å²) < 4.78 is 1.36. The van der Waals surface area contributed by atoms with Gasteiger partial charge in [0.05, 0.1) is 5.38 Å². The van der Waals surface area contributed by atoms with E-state index in [4.69, 9.17) is 11.6 Å². The van der Waals surface area contributed by atoms with E-state index in [-0.39, 0.29) is 5.38 Å². The standard InChI is InChI=1S/C16H19ClS/c1-11-6-8-12(9-7-11)16(17)14-10-18-15-5-3-2-4-13(14)15/h2-5,10-12,16H,6-9H2,1H3. The third kappa shape index (κ3) is 2.31. The zero-order valence-electron chi connectivity index (χ0n) is 10.7. The van der Waals surface area contributed by atoms with Gasteiger partial charge in [-0.2, -0.15) is 0 Å². The van der Waals surface area contributed by atoms with Gasteiger partial charge in [-0.05, 0) is 47.1 Å². The molecule has 0 aliphatic heterocycles. The van der Waals surface area contributed by atoms with Crippen LogP contribution in [0.4, 0.5) is 0 Å². The lowest BCUT2D eigenvalue weighted by atomic mass is 9.80. The summed E-state index contributed by atoms with van der Waals surface area (Å²) in [5.74, 6) is 1.56. The first kappa shape index (κ1) is 12.5. The second-order valence-corrected chi connectivity index (χ2v) is 6.99. The van der Waals surface area contributed by atoms with Crippen molar-refractivity contribution >= 4 is 33.0 Å². The van der Waals surface area contributed by atoms with Gasteiger partial charge in [-0.15, -0.1) is 22.9 Å². The van der Waals surface area contributed by atoms with Crippen LogP contribution in [0.5, 0.6) is 0 Å². The van der Waals surface area contributed by atoms with Crippen LogP contribution in [0, 0.1) is 11.8 Å². The maximum absolute atomic E-state index is 6.76. The summed E-state index contributed by atoms with van der Waals surface area (Å²) in [7, 11) is 0. The molecular weight excluding hydrogens is 260 g/mol. The second-order valence-electron chi connectivity index (χ2n) is 5.61. The molecule has 0 radical (unpaired) electrons. The van der Waals surface area contributed by atoms with Crippen LogP contribution in [0.1, 0.15) is 43.5 Å². The fourth-order valence-corrected chi connectivity index (χ4v) is 4.55. The van der Waals surface area contributed by atoms with Gasteiger partial charge in [0.15, 0.2) is 0 Å². The number of rotatable bonds is 2. The minimum Gasteiger partial charge on any atom is -0.143 e. The summed E-state index contributed by atoms with van der Waals surface area (Å²) >= 11 is 8.58. The Balaban J connectivity index is 1.85. The SMILES string of the molecule is CC1CCC(C(Cl)c2csc3ccccc23)CC1. The Morgan fingerprint density at radius 1 is 1.17 bits per heavy atom.